The number of carbonyl (C=O) groups excluding carboxylic acids is 1. The number of halogens is 1. The minimum Gasteiger partial charge on any atom is -0.394 e. The molecule has 0 saturated carbocycles. The molecule has 0 aromatic carbocycles. The van der Waals surface area contributed by atoms with Crippen LogP contribution < -0.4 is 5.32 Å². The fraction of sp³-hybridized carbons (Fsp3) is 0.333. The van der Waals surface area contributed by atoms with Gasteiger partial charge in [0.1, 0.15) is 5.69 Å². The Balaban J connectivity index is 2.54. The van der Waals surface area contributed by atoms with E-state index in [1.165, 1.54) is 12.1 Å². The van der Waals surface area contributed by atoms with Crippen molar-refractivity contribution in [3.8, 4) is 0 Å². The first-order valence-electron chi connectivity index (χ1n) is 4.33. The van der Waals surface area contributed by atoms with Crippen LogP contribution in [0.2, 0.25) is 0 Å². The van der Waals surface area contributed by atoms with Crippen molar-refractivity contribution >= 4 is 5.91 Å². The fourth-order valence-electron chi connectivity index (χ4n) is 0.900. The van der Waals surface area contributed by atoms with Gasteiger partial charge in [-0.05, 0) is 12.1 Å². The topological polar surface area (TPSA) is 82.5 Å². The molecule has 1 rings (SSSR count). The summed E-state index contributed by atoms with van der Waals surface area (Å²) in [5.74, 6) is -1.34. The van der Waals surface area contributed by atoms with Crippen molar-refractivity contribution in [2.45, 2.75) is 6.10 Å². The van der Waals surface area contributed by atoms with E-state index in [0.717, 1.165) is 6.07 Å². The van der Waals surface area contributed by atoms with Crippen molar-refractivity contribution in [3.05, 3.63) is 29.8 Å². The molecule has 1 atom stereocenters. The highest BCUT2D eigenvalue weighted by Crippen LogP contribution is 1.97. The maximum Gasteiger partial charge on any atom is 0.270 e. The summed E-state index contributed by atoms with van der Waals surface area (Å²) in [7, 11) is 0. The molecule has 0 saturated heterocycles. The molecular weight excluding hydrogens is 203 g/mol. The minimum absolute atomic E-state index is 0.0693. The Morgan fingerprint density at radius 2 is 2.33 bits per heavy atom. The van der Waals surface area contributed by atoms with Gasteiger partial charge in [-0.3, -0.25) is 4.79 Å². The molecule has 0 aliphatic heterocycles. The van der Waals surface area contributed by atoms with E-state index in [2.05, 4.69) is 10.3 Å². The summed E-state index contributed by atoms with van der Waals surface area (Å²) in [6.07, 6.45) is -1.03. The van der Waals surface area contributed by atoms with Gasteiger partial charge in [-0.25, -0.2) is 4.98 Å². The summed E-state index contributed by atoms with van der Waals surface area (Å²) in [6.45, 7) is -0.551. The van der Waals surface area contributed by atoms with Gasteiger partial charge in [0, 0.05) is 6.54 Å². The van der Waals surface area contributed by atoms with Gasteiger partial charge in [0.15, 0.2) is 0 Å². The minimum atomic E-state index is -1.03. The van der Waals surface area contributed by atoms with Gasteiger partial charge in [0.2, 0.25) is 5.95 Å². The highest BCUT2D eigenvalue weighted by Gasteiger charge is 2.09. The smallest absolute Gasteiger partial charge is 0.270 e. The van der Waals surface area contributed by atoms with Gasteiger partial charge in [0.05, 0.1) is 12.7 Å². The van der Waals surface area contributed by atoms with E-state index < -0.39 is 24.6 Å². The van der Waals surface area contributed by atoms with E-state index in [0.29, 0.717) is 0 Å². The Morgan fingerprint density at radius 1 is 1.60 bits per heavy atom. The zero-order valence-corrected chi connectivity index (χ0v) is 7.85. The Kier molecular flexibility index (Phi) is 4.14. The molecule has 1 amide bonds. The highest BCUT2D eigenvalue weighted by molar-refractivity contribution is 5.92. The van der Waals surface area contributed by atoms with Crippen LogP contribution in [0.15, 0.2) is 18.2 Å². The van der Waals surface area contributed by atoms with Crippen LogP contribution in [0.1, 0.15) is 10.5 Å². The number of aliphatic hydroxyl groups excluding tert-OH is 2. The van der Waals surface area contributed by atoms with E-state index >= 15 is 0 Å². The van der Waals surface area contributed by atoms with Crippen molar-refractivity contribution < 1.29 is 19.4 Å². The summed E-state index contributed by atoms with van der Waals surface area (Å²) < 4.78 is 12.6. The summed E-state index contributed by atoms with van der Waals surface area (Å²) in [4.78, 5) is 14.6. The number of aromatic nitrogens is 1. The van der Waals surface area contributed by atoms with E-state index in [1.807, 2.05) is 0 Å². The quantitative estimate of drug-likeness (QED) is 0.579. The van der Waals surface area contributed by atoms with Crippen LogP contribution in [0.5, 0.6) is 0 Å². The van der Waals surface area contributed by atoms with Crippen LogP contribution in [0.25, 0.3) is 0 Å². The second-order valence-corrected chi connectivity index (χ2v) is 2.89. The lowest BCUT2D eigenvalue weighted by molar-refractivity contribution is 0.0798. The van der Waals surface area contributed by atoms with Crippen molar-refractivity contribution in [2.24, 2.45) is 0 Å². The average molecular weight is 214 g/mol. The third-order valence-electron chi connectivity index (χ3n) is 1.66. The van der Waals surface area contributed by atoms with Gasteiger partial charge in [-0.2, -0.15) is 4.39 Å². The fourth-order valence-corrected chi connectivity index (χ4v) is 0.900. The average Bonchev–Trinajstić information content (AvgIpc) is 2.25. The zero-order chi connectivity index (χ0) is 11.3. The van der Waals surface area contributed by atoms with Crippen molar-refractivity contribution in [1.82, 2.24) is 10.3 Å². The summed E-state index contributed by atoms with van der Waals surface area (Å²) in [5.41, 5.74) is -0.0693. The lowest BCUT2D eigenvalue weighted by Crippen LogP contribution is -2.34. The van der Waals surface area contributed by atoms with Crippen molar-refractivity contribution in [1.29, 1.82) is 0 Å². The summed E-state index contributed by atoms with van der Waals surface area (Å²) in [6, 6.07) is 3.84. The number of nitrogens with one attached hydrogen (secondary N) is 1. The Morgan fingerprint density at radius 3 is 2.93 bits per heavy atom. The number of pyridine rings is 1. The first kappa shape index (κ1) is 11.5. The second-order valence-electron chi connectivity index (χ2n) is 2.89. The molecule has 0 radical (unpaired) electrons. The molecular formula is C9H11FN2O3. The maximum absolute atomic E-state index is 12.6. The van der Waals surface area contributed by atoms with Gasteiger partial charge >= 0.3 is 0 Å². The summed E-state index contributed by atoms with van der Waals surface area (Å²) in [5, 5.41) is 19.7. The first-order chi connectivity index (χ1) is 7.13. The Bertz CT molecular complexity index is 346. The third kappa shape index (κ3) is 3.61. The van der Waals surface area contributed by atoms with E-state index in [4.69, 9.17) is 10.2 Å². The number of carbonyl (C=O) groups is 1. The molecule has 3 N–H and O–H groups in total. The lowest BCUT2D eigenvalue weighted by atomic mass is 10.3. The molecule has 6 heteroatoms. The first-order valence-corrected chi connectivity index (χ1v) is 4.33. The number of nitrogens with zero attached hydrogens (tertiary/aromatic N) is 1. The molecule has 0 spiro atoms. The predicted molar refractivity (Wildman–Crippen MR) is 49.6 cm³/mol. The van der Waals surface area contributed by atoms with Crippen LogP contribution in [0, 0.1) is 5.95 Å². The van der Waals surface area contributed by atoms with E-state index in [-0.39, 0.29) is 12.2 Å². The number of hydrogen-bond acceptors (Lipinski definition) is 4. The molecule has 1 aromatic rings. The van der Waals surface area contributed by atoms with E-state index in [1.54, 1.807) is 0 Å². The largest absolute Gasteiger partial charge is 0.394 e. The number of aliphatic hydroxyl groups is 2. The number of amides is 1. The molecule has 82 valence electrons. The van der Waals surface area contributed by atoms with Crippen LogP contribution in [0.4, 0.5) is 4.39 Å². The molecule has 15 heavy (non-hydrogen) atoms. The van der Waals surface area contributed by atoms with Crippen LogP contribution >= 0.6 is 0 Å². The summed E-state index contributed by atoms with van der Waals surface area (Å²) >= 11 is 0. The normalized spacial score (nSPS) is 12.2. The van der Waals surface area contributed by atoms with Gasteiger partial charge in [-0.15, -0.1) is 0 Å². The highest BCUT2D eigenvalue weighted by atomic mass is 19.1. The molecule has 5 nitrogen and oxygen atoms in total. The van der Waals surface area contributed by atoms with Crippen molar-refractivity contribution in [3.63, 3.8) is 0 Å². The molecule has 1 heterocycles. The monoisotopic (exact) mass is 214 g/mol. The number of hydrogen-bond donors (Lipinski definition) is 3. The lowest BCUT2D eigenvalue weighted by Gasteiger charge is -2.08. The van der Waals surface area contributed by atoms with Gasteiger partial charge in [-0.1, -0.05) is 6.07 Å². The molecule has 1 unspecified atom stereocenters. The van der Waals surface area contributed by atoms with Gasteiger partial charge in [0.25, 0.3) is 5.91 Å². The molecule has 0 fully saturated rings. The zero-order valence-electron chi connectivity index (χ0n) is 7.85. The molecule has 0 aliphatic rings. The SMILES string of the molecule is O=C(NCC(O)CO)c1cccc(F)n1. The van der Waals surface area contributed by atoms with Gasteiger partial charge < -0.3 is 15.5 Å². The number of rotatable bonds is 4. The predicted octanol–water partition coefficient (Wildman–Crippen LogP) is -0.696. The van der Waals surface area contributed by atoms with Crippen LogP contribution in [-0.2, 0) is 0 Å². The Hall–Kier alpha value is -1.53. The van der Waals surface area contributed by atoms with Crippen LogP contribution in [0.3, 0.4) is 0 Å². The third-order valence-corrected chi connectivity index (χ3v) is 1.66. The second kappa shape index (κ2) is 5.38. The maximum atomic E-state index is 12.6. The molecule has 0 bridgehead atoms. The standard InChI is InChI=1S/C9H11FN2O3/c10-8-3-1-2-7(12-8)9(15)11-4-6(14)5-13/h1-3,6,13-14H,4-5H2,(H,11,15). The van der Waals surface area contributed by atoms with E-state index in [9.17, 15) is 9.18 Å². The van der Waals surface area contributed by atoms with Crippen LogP contribution in [-0.4, -0.2) is 40.4 Å². The van der Waals surface area contributed by atoms with Crippen molar-refractivity contribution in [2.75, 3.05) is 13.2 Å². The Labute approximate surface area is 85.6 Å². The molecule has 0 aliphatic carbocycles. The molecule has 1 aromatic heterocycles.